The number of ketones is 3. The number of hydrogen-bond acceptors (Lipinski definition) is 4. The Morgan fingerprint density at radius 2 is 1.59 bits per heavy atom. The molecule has 7 heteroatoms. The summed E-state index contributed by atoms with van der Waals surface area (Å²) in [7, 11) is 0. The number of allylic oxidation sites excluding steroid dienone is 3. The van der Waals surface area contributed by atoms with Gasteiger partial charge in [-0.25, -0.2) is 0 Å². The molecule has 0 unspecified atom stereocenters. The van der Waals surface area contributed by atoms with Gasteiger partial charge in [0.25, 0.3) is 0 Å². The molecule has 0 saturated carbocycles. The first kappa shape index (κ1) is 23.1. The molecule has 0 heterocycles. The SMILES string of the molecule is O=C1C=CC(O)(CCC(=O)c2ccccc2/C=C/C(=O)c2ccc(C(F)(F)F)cc2)C=C1. The number of hydrogen-bond donors (Lipinski definition) is 1. The molecule has 2 aromatic rings. The molecular formula is C25H19F3O4. The molecule has 32 heavy (non-hydrogen) atoms. The highest BCUT2D eigenvalue weighted by Crippen LogP contribution is 2.29. The van der Waals surface area contributed by atoms with Crippen LogP contribution in [0.4, 0.5) is 13.2 Å². The van der Waals surface area contributed by atoms with Crippen molar-refractivity contribution in [2.45, 2.75) is 24.6 Å². The molecule has 0 saturated heterocycles. The van der Waals surface area contributed by atoms with Crippen LogP contribution in [0.25, 0.3) is 6.08 Å². The maximum absolute atomic E-state index is 12.7. The van der Waals surface area contributed by atoms with Crippen LogP contribution in [-0.4, -0.2) is 28.1 Å². The van der Waals surface area contributed by atoms with Crippen molar-refractivity contribution in [3.05, 3.63) is 101 Å². The second-order valence-electron chi connectivity index (χ2n) is 7.34. The standard InChI is InChI=1S/C25H19F3O4/c26-25(27,28)19-8-5-18(6-9-19)22(30)10-7-17-3-1-2-4-21(17)23(31)13-16-24(32)14-11-20(29)12-15-24/h1-12,14-15,32H,13,16H2/b10-7+. The third kappa shape index (κ3) is 5.76. The van der Waals surface area contributed by atoms with E-state index in [2.05, 4.69) is 0 Å². The average Bonchev–Trinajstić information content (AvgIpc) is 2.78. The molecule has 0 amide bonds. The van der Waals surface area contributed by atoms with Gasteiger partial charge in [0.05, 0.1) is 5.56 Å². The van der Waals surface area contributed by atoms with Crippen LogP contribution in [0.5, 0.6) is 0 Å². The summed E-state index contributed by atoms with van der Waals surface area (Å²) in [5.74, 6) is -1.01. The van der Waals surface area contributed by atoms with Gasteiger partial charge < -0.3 is 5.11 Å². The molecule has 0 spiro atoms. The van der Waals surface area contributed by atoms with E-state index in [4.69, 9.17) is 0 Å². The fourth-order valence-corrected chi connectivity index (χ4v) is 3.16. The summed E-state index contributed by atoms with van der Waals surface area (Å²) >= 11 is 0. The average molecular weight is 440 g/mol. The van der Waals surface area contributed by atoms with Gasteiger partial charge in [-0.1, -0.05) is 42.5 Å². The van der Waals surface area contributed by atoms with Crippen LogP contribution in [0.15, 0.2) is 78.9 Å². The number of halogens is 3. The Labute approximate surface area is 182 Å². The molecule has 3 rings (SSSR count). The van der Waals surface area contributed by atoms with Gasteiger partial charge in [0.1, 0.15) is 5.60 Å². The predicted octanol–water partition coefficient (Wildman–Crippen LogP) is 4.99. The Kier molecular flexibility index (Phi) is 6.69. The second-order valence-corrected chi connectivity index (χ2v) is 7.34. The fraction of sp³-hybridized carbons (Fsp3) is 0.160. The molecule has 0 fully saturated rings. The largest absolute Gasteiger partial charge is 0.416 e. The van der Waals surface area contributed by atoms with Crippen molar-refractivity contribution in [2.24, 2.45) is 0 Å². The maximum atomic E-state index is 12.7. The summed E-state index contributed by atoms with van der Waals surface area (Å²) in [4.78, 5) is 36.2. The van der Waals surface area contributed by atoms with E-state index in [0.717, 1.165) is 24.3 Å². The summed E-state index contributed by atoms with van der Waals surface area (Å²) < 4.78 is 38.0. The number of carbonyl (C=O) groups excluding carboxylic acids is 3. The van der Waals surface area contributed by atoms with E-state index in [-0.39, 0.29) is 30.0 Å². The lowest BCUT2D eigenvalue weighted by molar-refractivity contribution is -0.137. The fourth-order valence-electron chi connectivity index (χ4n) is 3.16. The van der Waals surface area contributed by atoms with Gasteiger partial charge in [-0.2, -0.15) is 13.2 Å². The molecule has 4 nitrogen and oxygen atoms in total. The van der Waals surface area contributed by atoms with Crippen LogP contribution in [0.1, 0.15) is 44.7 Å². The van der Waals surface area contributed by atoms with Gasteiger partial charge in [-0.15, -0.1) is 0 Å². The van der Waals surface area contributed by atoms with E-state index in [0.29, 0.717) is 11.1 Å². The Hall–Kier alpha value is -3.58. The molecule has 0 bridgehead atoms. The van der Waals surface area contributed by atoms with Crippen molar-refractivity contribution in [1.82, 2.24) is 0 Å². The van der Waals surface area contributed by atoms with E-state index in [1.807, 2.05) is 0 Å². The number of alkyl halides is 3. The monoisotopic (exact) mass is 440 g/mol. The molecular weight excluding hydrogens is 421 g/mol. The second kappa shape index (κ2) is 9.28. The van der Waals surface area contributed by atoms with Crippen molar-refractivity contribution in [3.8, 4) is 0 Å². The van der Waals surface area contributed by atoms with Gasteiger partial charge >= 0.3 is 6.18 Å². The van der Waals surface area contributed by atoms with E-state index >= 15 is 0 Å². The summed E-state index contributed by atoms with van der Waals surface area (Å²) in [5.41, 5.74) is -1.33. The van der Waals surface area contributed by atoms with Crippen LogP contribution < -0.4 is 0 Å². The molecule has 1 N–H and O–H groups in total. The first-order valence-electron chi connectivity index (χ1n) is 9.74. The molecule has 164 valence electrons. The zero-order valence-electron chi connectivity index (χ0n) is 16.8. The van der Waals surface area contributed by atoms with E-state index < -0.39 is 23.1 Å². The Morgan fingerprint density at radius 1 is 0.969 bits per heavy atom. The highest BCUT2D eigenvalue weighted by Gasteiger charge is 2.30. The van der Waals surface area contributed by atoms with Gasteiger partial charge in [0, 0.05) is 17.5 Å². The minimum Gasteiger partial charge on any atom is -0.382 e. The van der Waals surface area contributed by atoms with Gasteiger partial charge in [0.2, 0.25) is 0 Å². The maximum Gasteiger partial charge on any atom is 0.416 e. The van der Waals surface area contributed by atoms with Crippen molar-refractivity contribution >= 4 is 23.4 Å². The van der Waals surface area contributed by atoms with Crippen LogP contribution in [-0.2, 0) is 11.0 Å². The van der Waals surface area contributed by atoms with Crippen LogP contribution >= 0.6 is 0 Å². The number of carbonyl (C=O) groups is 3. The minimum absolute atomic E-state index is 0.00290. The zero-order valence-corrected chi connectivity index (χ0v) is 16.8. The Morgan fingerprint density at radius 3 is 2.22 bits per heavy atom. The number of rotatable bonds is 7. The van der Waals surface area contributed by atoms with Crippen LogP contribution in [0.2, 0.25) is 0 Å². The van der Waals surface area contributed by atoms with Crippen molar-refractivity contribution in [2.75, 3.05) is 0 Å². The summed E-state index contributed by atoms with van der Waals surface area (Å²) in [6.07, 6.45) is 3.39. The summed E-state index contributed by atoms with van der Waals surface area (Å²) in [6.45, 7) is 0. The van der Waals surface area contributed by atoms with Crippen molar-refractivity contribution < 1.29 is 32.7 Å². The quantitative estimate of drug-likeness (QED) is 0.486. The zero-order chi connectivity index (χ0) is 23.4. The first-order chi connectivity index (χ1) is 15.1. The molecule has 2 aromatic carbocycles. The van der Waals surface area contributed by atoms with E-state index in [1.165, 1.54) is 36.5 Å². The van der Waals surface area contributed by atoms with Crippen molar-refractivity contribution in [1.29, 1.82) is 0 Å². The predicted molar refractivity (Wildman–Crippen MR) is 113 cm³/mol. The third-order valence-electron chi connectivity index (χ3n) is 5.00. The topological polar surface area (TPSA) is 71.4 Å². The lowest BCUT2D eigenvalue weighted by atomic mass is 9.89. The van der Waals surface area contributed by atoms with E-state index in [9.17, 15) is 32.7 Å². The molecule has 0 aromatic heterocycles. The lowest BCUT2D eigenvalue weighted by Crippen LogP contribution is -2.26. The molecule has 0 radical (unpaired) electrons. The summed E-state index contributed by atoms with van der Waals surface area (Å²) in [5, 5.41) is 10.4. The number of aliphatic hydroxyl groups is 1. The van der Waals surface area contributed by atoms with Crippen molar-refractivity contribution in [3.63, 3.8) is 0 Å². The third-order valence-corrected chi connectivity index (χ3v) is 5.00. The molecule has 1 aliphatic carbocycles. The highest BCUT2D eigenvalue weighted by atomic mass is 19.4. The smallest absolute Gasteiger partial charge is 0.382 e. The number of benzene rings is 2. The lowest BCUT2D eigenvalue weighted by Gasteiger charge is -2.22. The molecule has 1 aliphatic rings. The Balaban J connectivity index is 1.70. The van der Waals surface area contributed by atoms with Crippen LogP contribution in [0.3, 0.4) is 0 Å². The highest BCUT2D eigenvalue weighted by molar-refractivity contribution is 6.08. The first-order valence-corrected chi connectivity index (χ1v) is 9.74. The van der Waals surface area contributed by atoms with E-state index in [1.54, 1.807) is 24.3 Å². The van der Waals surface area contributed by atoms with Crippen LogP contribution in [0, 0.1) is 0 Å². The summed E-state index contributed by atoms with van der Waals surface area (Å²) in [6, 6.07) is 10.4. The van der Waals surface area contributed by atoms with Gasteiger partial charge in [-0.05, 0) is 54.5 Å². The van der Waals surface area contributed by atoms with Gasteiger partial charge in [0.15, 0.2) is 17.3 Å². The molecule has 0 atom stereocenters. The molecule has 0 aliphatic heterocycles. The normalized spacial score (nSPS) is 15.3. The minimum atomic E-state index is -4.48. The number of Topliss-reactive ketones (excluding diaryl/α,β-unsaturated/α-hetero) is 1. The Bertz CT molecular complexity index is 1110. The van der Waals surface area contributed by atoms with Gasteiger partial charge in [-0.3, -0.25) is 14.4 Å².